The first-order valence-electron chi connectivity index (χ1n) is 6.56. The van der Waals surface area contributed by atoms with Crippen LogP contribution in [0.15, 0.2) is 69.6 Å². The van der Waals surface area contributed by atoms with Crippen molar-refractivity contribution < 1.29 is 5.11 Å². The van der Waals surface area contributed by atoms with Crippen LogP contribution in [0.2, 0.25) is 0 Å². The van der Waals surface area contributed by atoms with Gasteiger partial charge in [-0.2, -0.15) is 5.11 Å². The van der Waals surface area contributed by atoms with E-state index in [-0.39, 0.29) is 17.0 Å². The van der Waals surface area contributed by atoms with E-state index in [9.17, 15) is 9.90 Å². The summed E-state index contributed by atoms with van der Waals surface area (Å²) in [4.78, 5) is 11.8. The molecule has 22 heavy (non-hydrogen) atoms. The Labute approximate surface area is 125 Å². The van der Waals surface area contributed by atoms with E-state index in [1.54, 1.807) is 12.1 Å². The monoisotopic (exact) mass is 295 g/mol. The highest BCUT2D eigenvalue weighted by Gasteiger charge is 2.09. The van der Waals surface area contributed by atoms with Gasteiger partial charge in [-0.1, -0.05) is 18.2 Å². The number of hydrogen-bond donors (Lipinski definition) is 4. The van der Waals surface area contributed by atoms with Crippen molar-refractivity contribution >= 4 is 22.9 Å². The summed E-state index contributed by atoms with van der Waals surface area (Å²) in [6.45, 7) is 0. The van der Waals surface area contributed by atoms with Gasteiger partial charge in [-0.05, 0) is 36.4 Å². The van der Waals surface area contributed by atoms with Gasteiger partial charge < -0.3 is 10.4 Å². The molecular formula is C15H13N5O2. The van der Waals surface area contributed by atoms with Crippen molar-refractivity contribution in [3.05, 3.63) is 65.0 Å². The van der Waals surface area contributed by atoms with Crippen LogP contribution in [0.25, 0.3) is 0 Å². The maximum absolute atomic E-state index is 11.8. The van der Waals surface area contributed by atoms with Gasteiger partial charge in [0.1, 0.15) is 5.75 Å². The van der Waals surface area contributed by atoms with E-state index in [1.165, 1.54) is 12.1 Å². The van der Waals surface area contributed by atoms with Crippen LogP contribution in [-0.4, -0.2) is 15.3 Å². The Morgan fingerprint density at radius 1 is 0.909 bits per heavy atom. The zero-order valence-electron chi connectivity index (χ0n) is 11.4. The van der Waals surface area contributed by atoms with E-state index in [2.05, 4.69) is 25.7 Å². The molecule has 0 atom stereocenters. The first-order chi connectivity index (χ1) is 10.7. The van der Waals surface area contributed by atoms with Crippen LogP contribution in [0, 0.1) is 0 Å². The van der Waals surface area contributed by atoms with Crippen molar-refractivity contribution in [2.24, 2.45) is 10.2 Å². The second-order valence-electron chi connectivity index (χ2n) is 4.51. The fraction of sp³-hybridized carbons (Fsp3) is 0. The molecule has 0 fully saturated rings. The van der Waals surface area contributed by atoms with Crippen molar-refractivity contribution in [3.63, 3.8) is 0 Å². The van der Waals surface area contributed by atoms with Crippen LogP contribution < -0.4 is 10.9 Å². The summed E-state index contributed by atoms with van der Waals surface area (Å²) < 4.78 is 0. The molecule has 0 aliphatic carbocycles. The van der Waals surface area contributed by atoms with Crippen LogP contribution in [0.4, 0.5) is 22.9 Å². The molecule has 3 rings (SSSR count). The van der Waals surface area contributed by atoms with Crippen molar-refractivity contribution in [1.29, 1.82) is 0 Å². The predicted octanol–water partition coefficient (Wildman–Crippen LogP) is 3.57. The van der Waals surface area contributed by atoms with Crippen molar-refractivity contribution in [1.82, 2.24) is 10.2 Å². The van der Waals surface area contributed by atoms with Crippen molar-refractivity contribution in [3.8, 4) is 5.75 Å². The lowest BCUT2D eigenvalue weighted by molar-refractivity contribution is 0.475. The summed E-state index contributed by atoms with van der Waals surface area (Å²) in [5.41, 5.74) is 1.13. The van der Waals surface area contributed by atoms with Crippen LogP contribution >= 0.6 is 0 Å². The fourth-order valence-corrected chi connectivity index (χ4v) is 1.83. The second-order valence-corrected chi connectivity index (χ2v) is 4.51. The molecule has 1 aromatic heterocycles. The quantitative estimate of drug-likeness (QED) is 0.553. The van der Waals surface area contributed by atoms with E-state index in [4.69, 9.17) is 0 Å². The zero-order chi connectivity index (χ0) is 15.4. The lowest BCUT2D eigenvalue weighted by Crippen LogP contribution is -1.97. The number of hydrogen-bond acceptors (Lipinski definition) is 5. The number of azo groups is 1. The molecule has 0 saturated heterocycles. The van der Waals surface area contributed by atoms with E-state index >= 15 is 0 Å². The predicted molar refractivity (Wildman–Crippen MR) is 83.4 cm³/mol. The molecule has 1 heterocycles. The lowest BCUT2D eigenvalue weighted by Gasteiger charge is -2.03. The number of phenols is 1. The molecule has 7 nitrogen and oxygen atoms in total. The summed E-state index contributed by atoms with van der Waals surface area (Å²) in [6.07, 6.45) is 0. The number of aromatic hydroxyl groups is 1. The SMILES string of the molecule is O=c1[nH][nH]c(Nc2ccccc2)c1N=Nc1ccc(O)cc1. The Morgan fingerprint density at radius 2 is 1.64 bits per heavy atom. The maximum Gasteiger partial charge on any atom is 0.294 e. The van der Waals surface area contributed by atoms with Gasteiger partial charge in [0, 0.05) is 5.69 Å². The largest absolute Gasteiger partial charge is 0.508 e. The Hall–Kier alpha value is -3.35. The Kier molecular flexibility index (Phi) is 3.69. The highest BCUT2D eigenvalue weighted by atomic mass is 16.3. The number of H-pyrrole nitrogens is 2. The summed E-state index contributed by atoms with van der Waals surface area (Å²) in [5.74, 6) is 0.573. The smallest absolute Gasteiger partial charge is 0.294 e. The summed E-state index contributed by atoms with van der Waals surface area (Å²) in [5, 5.41) is 25.4. The van der Waals surface area contributed by atoms with Gasteiger partial charge in [-0.3, -0.25) is 15.0 Å². The first kappa shape index (κ1) is 13.6. The van der Waals surface area contributed by atoms with Gasteiger partial charge in [0.2, 0.25) is 0 Å². The Balaban J connectivity index is 1.86. The highest BCUT2D eigenvalue weighted by Crippen LogP contribution is 2.24. The average molecular weight is 295 g/mol. The van der Waals surface area contributed by atoms with Gasteiger partial charge in [-0.25, -0.2) is 0 Å². The number of aromatic amines is 2. The summed E-state index contributed by atoms with van der Waals surface area (Å²) in [6, 6.07) is 15.6. The molecule has 3 aromatic rings. The average Bonchev–Trinajstić information content (AvgIpc) is 2.88. The number of nitrogens with one attached hydrogen (secondary N) is 3. The van der Waals surface area contributed by atoms with Gasteiger partial charge in [0.25, 0.3) is 5.56 Å². The van der Waals surface area contributed by atoms with E-state index in [0.717, 1.165) is 5.69 Å². The molecule has 0 bridgehead atoms. The molecule has 0 aliphatic heterocycles. The number of benzene rings is 2. The summed E-state index contributed by atoms with van der Waals surface area (Å²) in [7, 11) is 0. The van der Waals surface area contributed by atoms with Crippen LogP contribution in [0.5, 0.6) is 5.75 Å². The molecule has 0 unspecified atom stereocenters. The molecule has 4 N–H and O–H groups in total. The third-order valence-corrected chi connectivity index (χ3v) is 2.91. The van der Waals surface area contributed by atoms with E-state index in [0.29, 0.717) is 11.5 Å². The number of aromatic nitrogens is 2. The van der Waals surface area contributed by atoms with Crippen LogP contribution in [-0.2, 0) is 0 Å². The highest BCUT2D eigenvalue weighted by molar-refractivity contribution is 5.67. The van der Waals surface area contributed by atoms with Crippen molar-refractivity contribution in [2.45, 2.75) is 0 Å². The molecular weight excluding hydrogens is 282 g/mol. The topological polar surface area (TPSA) is 106 Å². The number of para-hydroxylation sites is 1. The minimum absolute atomic E-state index is 0.143. The zero-order valence-corrected chi connectivity index (χ0v) is 11.4. The number of anilines is 2. The third kappa shape index (κ3) is 3.04. The lowest BCUT2D eigenvalue weighted by atomic mass is 10.3. The molecule has 0 spiro atoms. The van der Waals surface area contributed by atoms with E-state index < -0.39 is 0 Å². The Morgan fingerprint density at radius 3 is 2.36 bits per heavy atom. The van der Waals surface area contributed by atoms with Gasteiger partial charge in [0.15, 0.2) is 11.5 Å². The first-order valence-corrected chi connectivity index (χ1v) is 6.56. The summed E-state index contributed by atoms with van der Waals surface area (Å²) >= 11 is 0. The van der Waals surface area contributed by atoms with E-state index in [1.807, 2.05) is 30.3 Å². The van der Waals surface area contributed by atoms with Crippen LogP contribution in [0.1, 0.15) is 0 Å². The Bertz CT molecular complexity index is 834. The molecule has 0 saturated carbocycles. The van der Waals surface area contributed by atoms with Gasteiger partial charge in [0.05, 0.1) is 5.69 Å². The molecule has 0 aliphatic rings. The molecule has 0 radical (unpaired) electrons. The molecule has 2 aromatic carbocycles. The van der Waals surface area contributed by atoms with Gasteiger partial charge >= 0.3 is 0 Å². The molecule has 110 valence electrons. The minimum atomic E-state index is -0.374. The second kappa shape index (κ2) is 5.96. The molecule has 0 amide bonds. The number of phenolic OH excluding ortho intramolecular Hbond substituents is 1. The number of rotatable bonds is 4. The number of nitrogens with zero attached hydrogens (tertiary/aromatic N) is 2. The minimum Gasteiger partial charge on any atom is -0.508 e. The van der Waals surface area contributed by atoms with Crippen LogP contribution in [0.3, 0.4) is 0 Å². The van der Waals surface area contributed by atoms with Gasteiger partial charge in [-0.15, -0.1) is 5.11 Å². The van der Waals surface area contributed by atoms with Crippen molar-refractivity contribution in [2.75, 3.05) is 5.32 Å². The molecule has 7 heteroatoms. The third-order valence-electron chi connectivity index (χ3n) is 2.91. The standard InChI is InChI=1S/C15H13N5O2/c21-12-8-6-11(7-9-12)17-18-13-14(19-20-15(13)22)16-10-4-2-1-3-5-10/h1-9,21H,(H3,16,19,20,22). The fourth-order valence-electron chi connectivity index (χ4n) is 1.83. The normalized spacial score (nSPS) is 10.9. The maximum atomic E-state index is 11.8.